The summed E-state index contributed by atoms with van der Waals surface area (Å²) in [6.45, 7) is 2.96. The molecule has 1 aliphatic carbocycles. The first kappa shape index (κ1) is 7.08. The number of nitrogens with zero attached hydrogens (tertiary/aromatic N) is 2. The van der Waals surface area contributed by atoms with E-state index in [-0.39, 0.29) is 6.04 Å². The molecule has 3 nitrogen and oxygen atoms in total. The fourth-order valence-corrected chi connectivity index (χ4v) is 1.68. The van der Waals surface area contributed by atoms with Crippen molar-refractivity contribution >= 4 is 0 Å². The smallest absolute Gasteiger partial charge is 0.111 e. The quantitative estimate of drug-likeness (QED) is 0.571. The van der Waals surface area contributed by atoms with Gasteiger partial charge in [-0.15, -0.1) is 0 Å². The first-order valence-electron chi connectivity index (χ1n) is 4.28. The molecule has 1 aliphatic heterocycles. The van der Waals surface area contributed by atoms with Crippen molar-refractivity contribution in [3.8, 4) is 6.07 Å². The van der Waals surface area contributed by atoms with Crippen LogP contribution >= 0.6 is 0 Å². The third-order valence-corrected chi connectivity index (χ3v) is 2.45. The lowest BCUT2D eigenvalue weighted by atomic mass is 10.2. The third kappa shape index (κ3) is 1.37. The molecule has 1 unspecified atom stereocenters. The van der Waals surface area contributed by atoms with Crippen molar-refractivity contribution in [3.05, 3.63) is 0 Å². The molecular weight excluding hydrogens is 138 g/mol. The van der Waals surface area contributed by atoms with E-state index >= 15 is 0 Å². The van der Waals surface area contributed by atoms with E-state index in [9.17, 15) is 0 Å². The van der Waals surface area contributed by atoms with Crippen molar-refractivity contribution in [1.29, 1.82) is 5.26 Å². The maximum absolute atomic E-state index is 8.81. The lowest BCUT2D eigenvalue weighted by Gasteiger charge is -2.31. The van der Waals surface area contributed by atoms with Crippen molar-refractivity contribution < 1.29 is 0 Å². The topological polar surface area (TPSA) is 39.1 Å². The molecule has 0 spiro atoms. The summed E-state index contributed by atoms with van der Waals surface area (Å²) in [4.78, 5) is 2.34. The van der Waals surface area contributed by atoms with Crippen LogP contribution in [0.5, 0.6) is 0 Å². The number of hydrogen-bond donors (Lipinski definition) is 1. The molecule has 1 heterocycles. The highest BCUT2D eigenvalue weighted by atomic mass is 15.3. The molecule has 0 aromatic rings. The Bertz CT molecular complexity index is 180. The van der Waals surface area contributed by atoms with Crippen molar-refractivity contribution in [3.63, 3.8) is 0 Å². The summed E-state index contributed by atoms with van der Waals surface area (Å²) in [6.07, 6.45) is 2.61. The van der Waals surface area contributed by atoms with Crippen LogP contribution in [0.2, 0.25) is 0 Å². The Morgan fingerprint density at radius 1 is 1.45 bits per heavy atom. The fraction of sp³-hybridized carbons (Fsp3) is 0.875. The van der Waals surface area contributed by atoms with Crippen LogP contribution in [-0.4, -0.2) is 36.6 Å². The lowest BCUT2D eigenvalue weighted by molar-refractivity contribution is 0.188. The number of rotatable bonds is 1. The van der Waals surface area contributed by atoms with E-state index in [1.54, 1.807) is 0 Å². The van der Waals surface area contributed by atoms with E-state index in [1.165, 1.54) is 12.8 Å². The second kappa shape index (κ2) is 2.80. The van der Waals surface area contributed by atoms with Crippen LogP contribution in [0, 0.1) is 11.3 Å². The first-order valence-corrected chi connectivity index (χ1v) is 4.28. The van der Waals surface area contributed by atoms with E-state index in [1.807, 2.05) is 0 Å². The second-order valence-corrected chi connectivity index (χ2v) is 3.32. The van der Waals surface area contributed by atoms with E-state index < -0.39 is 0 Å². The Labute approximate surface area is 67.0 Å². The van der Waals surface area contributed by atoms with Gasteiger partial charge in [-0.1, -0.05) is 0 Å². The van der Waals surface area contributed by atoms with E-state index in [2.05, 4.69) is 16.3 Å². The molecule has 11 heavy (non-hydrogen) atoms. The molecule has 0 amide bonds. The van der Waals surface area contributed by atoms with Crippen LogP contribution in [-0.2, 0) is 0 Å². The summed E-state index contributed by atoms with van der Waals surface area (Å²) < 4.78 is 0. The molecule has 2 aliphatic rings. The maximum Gasteiger partial charge on any atom is 0.111 e. The summed E-state index contributed by atoms with van der Waals surface area (Å²) in [6, 6.07) is 3.21. The summed E-state index contributed by atoms with van der Waals surface area (Å²) in [5.41, 5.74) is 0. The molecule has 60 valence electrons. The molecular formula is C8H13N3. The average Bonchev–Trinajstić information content (AvgIpc) is 2.87. The van der Waals surface area contributed by atoms with Crippen LogP contribution < -0.4 is 5.32 Å². The fourth-order valence-electron chi connectivity index (χ4n) is 1.68. The van der Waals surface area contributed by atoms with Gasteiger partial charge in [0.1, 0.15) is 6.04 Å². The maximum atomic E-state index is 8.81. The van der Waals surface area contributed by atoms with Gasteiger partial charge in [-0.3, -0.25) is 4.90 Å². The van der Waals surface area contributed by atoms with Crippen molar-refractivity contribution in [2.45, 2.75) is 24.9 Å². The van der Waals surface area contributed by atoms with Crippen LogP contribution in [0.1, 0.15) is 12.8 Å². The highest BCUT2D eigenvalue weighted by molar-refractivity contribution is 5.01. The molecule has 1 saturated carbocycles. The number of nitriles is 1. The van der Waals surface area contributed by atoms with Gasteiger partial charge >= 0.3 is 0 Å². The SMILES string of the molecule is N#CC1CNCCN1C1CC1. The molecule has 2 fully saturated rings. The lowest BCUT2D eigenvalue weighted by Crippen LogP contribution is -2.51. The van der Waals surface area contributed by atoms with E-state index in [0.717, 1.165) is 25.7 Å². The van der Waals surface area contributed by atoms with Crippen LogP contribution in [0.3, 0.4) is 0 Å². The molecule has 0 aromatic carbocycles. The van der Waals surface area contributed by atoms with Crippen LogP contribution in [0.15, 0.2) is 0 Å². The van der Waals surface area contributed by atoms with Crippen LogP contribution in [0.4, 0.5) is 0 Å². The van der Waals surface area contributed by atoms with Gasteiger partial charge in [-0.2, -0.15) is 5.26 Å². The zero-order valence-electron chi connectivity index (χ0n) is 6.58. The van der Waals surface area contributed by atoms with Gasteiger partial charge in [0.25, 0.3) is 0 Å². The second-order valence-electron chi connectivity index (χ2n) is 3.32. The van der Waals surface area contributed by atoms with Crippen molar-refractivity contribution in [1.82, 2.24) is 10.2 Å². The summed E-state index contributed by atoms with van der Waals surface area (Å²) >= 11 is 0. The Kier molecular flexibility index (Phi) is 1.80. The highest BCUT2D eigenvalue weighted by Crippen LogP contribution is 2.28. The Morgan fingerprint density at radius 3 is 2.91 bits per heavy atom. The van der Waals surface area contributed by atoms with E-state index in [4.69, 9.17) is 5.26 Å². The number of hydrogen-bond acceptors (Lipinski definition) is 3. The minimum atomic E-state index is 0.135. The normalized spacial score (nSPS) is 33.2. The monoisotopic (exact) mass is 151 g/mol. The number of piperazine rings is 1. The van der Waals surface area contributed by atoms with Gasteiger partial charge in [0.2, 0.25) is 0 Å². The Hall–Kier alpha value is -0.590. The predicted molar refractivity (Wildman–Crippen MR) is 42.0 cm³/mol. The minimum Gasteiger partial charge on any atom is -0.313 e. The molecule has 2 rings (SSSR count). The molecule has 0 aromatic heterocycles. The first-order chi connectivity index (χ1) is 5.42. The summed E-state index contributed by atoms with van der Waals surface area (Å²) in [5, 5.41) is 12.0. The van der Waals surface area contributed by atoms with Gasteiger partial charge in [-0.05, 0) is 12.8 Å². The highest BCUT2D eigenvalue weighted by Gasteiger charge is 2.34. The molecule has 1 atom stereocenters. The van der Waals surface area contributed by atoms with Crippen LogP contribution in [0.25, 0.3) is 0 Å². The van der Waals surface area contributed by atoms with Gasteiger partial charge in [0.05, 0.1) is 6.07 Å². The zero-order valence-corrected chi connectivity index (χ0v) is 6.58. The predicted octanol–water partition coefficient (Wildman–Crippen LogP) is -0.0538. The van der Waals surface area contributed by atoms with Gasteiger partial charge in [0, 0.05) is 25.7 Å². The van der Waals surface area contributed by atoms with Gasteiger partial charge < -0.3 is 5.32 Å². The molecule has 1 saturated heterocycles. The molecule has 3 heteroatoms. The standard InChI is InChI=1S/C8H13N3/c9-5-8-6-10-3-4-11(8)7-1-2-7/h7-8,10H,1-4,6H2. The molecule has 0 bridgehead atoms. The third-order valence-electron chi connectivity index (χ3n) is 2.45. The zero-order chi connectivity index (χ0) is 7.68. The minimum absolute atomic E-state index is 0.135. The summed E-state index contributed by atoms with van der Waals surface area (Å²) in [5.74, 6) is 0. The van der Waals surface area contributed by atoms with Gasteiger partial charge in [-0.25, -0.2) is 0 Å². The van der Waals surface area contributed by atoms with Gasteiger partial charge in [0.15, 0.2) is 0 Å². The van der Waals surface area contributed by atoms with Crippen molar-refractivity contribution in [2.75, 3.05) is 19.6 Å². The largest absolute Gasteiger partial charge is 0.313 e. The summed E-state index contributed by atoms with van der Waals surface area (Å²) in [7, 11) is 0. The Balaban J connectivity index is 1.97. The average molecular weight is 151 g/mol. The molecule has 0 radical (unpaired) electrons. The van der Waals surface area contributed by atoms with E-state index in [0.29, 0.717) is 0 Å². The molecule has 1 N–H and O–H groups in total. The number of nitrogens with one attached hydrogen (secondary N) is 1. The van der Waals surface area contributed by atoms with Crippen molar-refractivity contribution in [2.24, 2.45) is 0 Å². The Morgan fingerprint density at radius 2 is 2.27 bits per heavy atom.